The Morgan fingerprint density at radius 1 is 1.36 bits per heavy atom. The lowest BCUT2D eigenvalue weighted by molar-refractivity contribution is 0.931. The highest BCUT2D eigenvalue weighted by Crippen LogP contribution is 2.25. The molecule has 3 N–H and O–H groups in total. The van der Waals surface area contributed by atoms with Crippen LogP contribution < -0.4 is 10.9 Å². The van der Waals surface area contributed by atoms with E-state index in [-0.39, 0.29) is 16.0 Å². The molecule has 0 amide bonds. The molecule has 0 fully saturated rings. The van der Waals surface area contributed by atoms with Crippen molar-refractivity contribution >= 4 is 40.8 Å². The van der Waals surface area contributed by atoms with Gasteiger partial charge in [0.2, 0.25) is 0 Å². The van der Waals surface area contributed by atoms with Gasteiger partial charge in [0.05, 0.1) is 6.54 Å². The van der Waals surface area contributed by atoms with E-state index >= 15 is 0 Å². The summed E-state index contributed by atoms with van der Waals surface area (Å²) in [6, 6.07) is 7.41. The third-order valence-electron chi connectivity index (χ3n) is 2.87. The van der Waals surface area contributed by atoms with Crippen LogP contribution in [0.5, 0.6) is 0 Å². The predicted molar refractivity (Wildman–Crippen MR) is 89.9 cm³/mol. The van der Waals surface area contributed by atoms with E-state index in [0.717, 1.165) is 10.6 Å². The Labute approximate surface area is 139 Å². The van der Waals surface area contributed by atoms with Crippen LogP contribution in [-0.4, -0.2) is 20.2 Å². The van der Waals surface area contributed by atoms with E-state index in [2.05, 4.69) is 25.5 Å². The molecule has 0 aliphatic carbocycles. The zero-order valence-corrected chi connectivity index (χ0v) is 13.5. The molecule has 112 valence electrons. The van der Waals surface area contributed by atoms with Crippen LogP contribution in [0.15, 0.2) is 35.3 Å². The molecule has 0 unspecified atom stereocenters. The van der Waals surface area contributed by atoms with Crippen LogP contribution in [0.4, 0.5) is 5.69 Å². The Morgan fingerprint density at radius 2 is 2.18 bits per heavy atom. The van der Waals surface area contributed by atoms with E-state index in [0.29, 0.717) is 16.6 Å². The van der Waals surface area contributed by atoms with Crippen LogP contribution in [0.3, 0.4) is 0 Å². The van der Waals surface area contributed by atoms with Crippen molar-refractivity contribution in [2.45, 2.75) is 6.54 Å². The lowest BCUT2D eigenvalue weighted by Crippen LogP contribution is -2.14. The fraction of sp³-hybridized carbons (Fsp3) is 0.0769. The van der Waals surface area contributed by atoms with Crippen molar-refractivity contribution in [3.8, 4) is 11.3 Å². The topological polar surface area (TPSA) is 86.5 Å². The Hall–Kier alpha value is -2.03. The van der Waals surface area contributed by atoms with Gasteiger partial charge in [-0.15, -0.1) is 11.3 Å². The molecule has 0 radical (unpaired) electrons. The van der Waals surface area contributed by atoms with E-state index in [9.17, 15) is 4.79 Å². The fourth-order valence-corrected chi connectivity index (χ4v) is 2.98. The van der Waals surface area contributed by atoms with Gasteiger partial charge in [0.25, 0.3) is 5.56 Å². The molecule has 0 saturated heterocycles. The molecule has 22 heavy (non-hydrogen) atoms. The molecular weight excluding hydrogens is 342 g/mol. The summed E-state index contributed by atoms with van der Waals surface area (Å²) in [7, 11) is 0. The van der Waals surface area contributed by atoms with Gasteiger partial charge in [-0.25, -0.2) is 4.98 Å². The Bertz CT molecular complexity index is 917. The minimum atomic E-state index is -0.334. The summed E-state index contributed by atoms with van der Waals surface area (Å²) < 4.78 is 0.692. The van der Waals surface area contributed by atoms with Crippen molar-refractivity contribution in [2.24, 2.45) is 0 Å². The number of benzene rings is 1. The average molecular weight is 352 g/mol. The summed E-state index contributed by atoms with van der Waals surface area (Å²) in [6.07, 6.45) is 1.72. The number of hydrogen-bond donors (Lipinski definition) is 3. The third-order valence-corrected chi connectivity index (χ3v) is 4.18. The second-order valence-electron chi connectivity index (χ2n) is 4.33. The lowest BCUT2D eigenvalue weighted by Gasteiger charge is -2.09. The molecule has 2 heterocycles. The Balaban J connectivity index is 1.92. The molecule has 2 aromatic heterocycles. The van der Waals surface area contributed by atoms with Crippen molar-refractivity contribution in [3.05, 3.63) is 54.9 Å². The number of rotatable bonds is 4. The van der Waals surface area contributed by atoms with Gasteiger partial charge < -0.3 is 5.32 Å². The number of nitrogens with zero attached hydrogens (tertiary/aromatic N) is 2. The van der Waals surface area contributed by atoms with Crippen LogP contribution in [0.1, 0.15) is 4.88 Å². The van der Waals surface area contributed by atoms with Gasteiger partial charge in [0.1, 0.15) is 0 Å². The summed E-state index contributed by atoms with van der Waals surface area (Å²) in [5, 5.41) is 9.89. The quantitative estimate of drug-likeness (QED) is 0.628. The molecular formula is C13H10ClN5OS2. The second-order valence-corrected chi connectivity index (χ2v) is 6.44. The van der Waals surface area contributed by atoms with Gasteiger partial charge in [-0.05, 0) is 18.3 Å². The Morgan fingerprint density at radius 3 is 2.91 bits per heavy atom. The number of halogens is 1. The van der Waals surface area contributed by atoms with Crippen LogP contribution in [0.25, 0.3) is 11.3 Å². The molecule has 0 aliphatic heterocycles. The number of para-hydroxylation sites is 1. The van der Waals surface area contributed by atoms with Gasteiger partial charge in [0, 0.05) is 22.3 Å². The first-order valence-corrected chi connectivity index (χ1v) is 7.86. The van der Waals surface area contributed by atoms with E-state index in [1.807, 2.05) is 24.3 Å². The molecule has 0 atom stereocenters. The van der Waals surface area contributed by atoms with Crippen molar-refractivity contribution in [3.63, 3.8) is 0 Å². The number of H-pyrrole nitrogens is 2. The van der Waals surface area contributed by atoms with E-state index in [4.69, 9.17) is 23.8 Å². The molecule has 0 bridgehead atoms. The zero-order valence-electron chi connectivity index (χ0n) is 11.1. The number of aromatic nitrogens is 4. The van der Waals surface area contributed by atoms with Gasteiger partial charge in [-0.3, -0.25) is 14.9 Å². The SMILES string of the molecule is O=c1[nH]c(=S)[nH]nc1-c1ccccc1NCc1cnc(Cl)s1. The van der Waals surface area contributed by atoms with Crippen LogP contribution >= 0.6 is 35.2 Å². The average Bonchev–Trinajstić information content (AvgIpc) is 2.91. The maximum Gasteiger partial charge on any atom is 0.278 e. The smallest absolute Gasteiger partial charge is 0.278 e. The summed E-state index contributed by atoms with van der Waals surface area (Å²) in [5.41, 5.74) is 1.42. The molecule has 0 saturated carbocycles. The van der Waals surface area contributed by atoms with Gasteiger partial charge in [0.15, 0.2) is 14.9 Å². The van der Waals surface area contributed by atoms with E-state index in [1.54, 1.807) is 6.20 Å². The van der Waals surface area contributed by atoms with Gasteiger partial charge in [-0.2, -0.15) is 5.10 Å². The minimum absolute atomic E-state index is 0.193. The maximum absolute atomic E-state index is 12.0. The van der Waals surface area contributed by atoms with Crippen molar-refractivity contribution in [1.29, 1.82) is 0 Å². The molecule has 1 aromatic carbocycles. The highest BCUT2D eigenvalue weighted by atomic mass is 35.5. The third kappa shape index (κ3) is 3.24. The van der Waals surface area contributed by atoms with Crippen molar-refractivity contribution in [1.82, 2.24) is 20.2 Å². The number of anilines is 1. The number of aromatic amines is 2. The first kappa shape index (κ1) is 14.9. The maximum atomic E-state index is 12.0. The normalized spacial score (nSPS) is 10.6. The Kier molecular flexibility index (Phi) is 4.32. The fourth-order valence-electron chi connectivity index (χ4n) is 1.92. The standard InChI is InChI=1S/C13H10ClN5OS2/c14-12-16-6-7(22-12)5-15-9-4-2-1-3-8(9)10-11(20)17-13(21)19-18-10/h1-4,6,15H,5H2,(H2,17,19,20,21). The number of hydrogen-bond acceptors (Lipinski definition) is 6. The molecule has 3 rings (SSSR count). The monoisotopic (exact) mass is 351 g/mol. The van der Waals surface area contributed by atoms with Crippen LogP contribution in [-0.2, 0) is 6.54 Å². The van der Waals surface area contributed by atoms with E-state index in [1.165, 1.54) is 11.3 Å². The predicted octanol–water partition coefficient (Wildman–Crippen LogP) is 3.22. The summed E-state index contributed by atoms with van der Waals surface area (Å²) in [6.45, 7) is 0.558. The van der Waals surface area contributed by atoms with E-state index < -0.39 is 0 Å². The molecule has 3 aromatic rings. The first-order valence-electron chi connectivity index (χ1n) is 6.26. The van der Waals surface area contributed by atoms with Crippen LogP contribution in [0.2, 0.25) is 4.47 Å². The lowest BCUT2D eigenvalue weighted by atomic mass is 10.1. The largest absolute Gasteiger partial charge is 0.380 e. The number of nitrogens with one attached hydrogen (secondary N) is 3. The number of thiazole rings is 1. The van der Waals surface area contributed by atoms with Crippen molar-refractivity contribution < 1.29 is 0 Å². The zero-order chi connectivity index (χ0) is 15.5. The summed E-state index contributed by atoms with van der Waals surface area (Å²) in [4.78, 5) is 19.5. The van der Waals surface area contributed by atoms with Crippen molar-refractivity contribution in [2.75, 3.05) is 5.32 Å². The molecule has 9 heteroatoms. The summed E-state index contributed by atoms with van der Waals surface area (Å²) in [5.74, 6) is 0. The minimum Gasteiger partial charge on any atom is -0.380 e. The van der Waals surface area contributed by atoms with Crippen LogP contribution in [0, 0.1) is 4.77 Å². The first-order chi connectivity index (χ1) is 10.6. The van der Waals surface area contributed by atoms with Gasteiger partial charge >= 0.3 is 0 Å². The molecule has 6 nitrogen and oxygen atoms in total. The second kappa shape index (κ2) is 6.39. The molecule has 0 spiro atoms. The van der Waals surface area contributed by atoms with Gasteiger partial charge in [-0.1, -0.05) is 29.8 Å². The highest BCUT2D eigenvalue weighted by molar-refractivity contribution is 7.71. The highest BCUT2D eigenvalue weighted by Gasteiger charge is 2.10. The molecule has 0 aliphatic rings. The summed E-state index contributed by atoms with van der Waals surface area (Å²) >= 11 is 12.1.